The first-order valence-electron chi connectivity index (χ1n) is 8.95. The molecule has 0 aliphatic carbocycles. The van der Waals surface area contributed by atoms with Crippen LogP contribution in [0.5, 0.6) is 0 Å². The van der Waals surface area contributed by atoms with Crippen molar-refractivity contribution in [1.29, 1.82) is 0 Å². The van der Waals surface area contributed by atoms with Crippen molar-refractivity contribution in [1.82, 2.24) is 0 Å². The minimum atomic E-state index is 0.537. The molecule has 0 heterocycles. The highest BCUT2D eigenvalue weighted by Crippen LogP contribution is 2.22. The van der Waals surface area contributed by atoms with E-state index in [4.69, 9.17) is 0 Å². The number of hydrogen-bond donors (Lipinski definition) is 0. The standard InChI is InChI=1S/C19H40/c1-6-18(2)16-14-12-10-8-7-9-11-13-15-17-19(3,4)5/h18H,6-17H2,1-5H3. The van der Waals surface area contributed by atoms with E-state index in [1.807, 2.05) is 0 Å². The van der Waals surface area contributed by atoms with Crippen LogP contribution < -0.4 is 0 Å². The van der Waals surface area contributed by atoms with Crippen LogP contribution >= 0.6 is 0 Å². The first-order valence-corrected chi connectivity index (χ1v) is 8.95. The molecule has 0 N–H and O–H groups in total. The lowest BCUT2D eigenvalue weighted by Crippen LogP contribution is -2.03. The Balaban J connectivity index is 3.07. The molecule has 0 fully saturated rings. The average Bonchev–Trinajstić information content (AvgIpc) is 2.34. The van der Waals surface area contributed by atoms with Crippen molar-refractivity contribution >= 4 is 0 Å². The third-order valence-electron chi connectivity index (χ3n) is 4.32. The Bertz CT molecular complexity index is 175. The van der Waals surface area contributed by atoms with Gasteiger partial charge in [-0.15, -0.1) is 0 Å². The lowest BCUT2D eigenvalue weighted by molar-refractivity contribution is 0.356. The van der Waals surface area contributed by atoms with Gasteiger partial charge < -0.3 is 0 Å². The van der Waals surface area contributed by atoms with Crippen molar-refractivity contribution in [3.05, 3.63) is 0 Å². The molecule has 0 aliphatic heterocycles. The Hall–Kier alpha value is 0. The van der Waals surface area contributed by atoms with Gasteiger partial charge in [-0.05, 0) is 17.8 Å². The molecule has 0 aromatic carbocycles. The van der Waals surface area contributed by atoms with Crippen LogP contribution in [0.1, 0.15) is 112 Å². The van der Waals surface area contributed by atoms with Gasteiger partial charge in [-0.2, -0.15) is 0 Å². The van der Waals surface area contributed by atoms with E-state index in [0.717, 1.165) is 5.92 Å². The summed E-state index contributed by atoms with van der Waals surface area (Å²) in [4.78, 5) is 0. The van der Waals surface area contributed by atoms with Crippen LogP contribution in [0.4, 0.5) is 0 Å². The molecule has 0 nitrogen and oxygen atoms in total. The highest BCUT2D eigenvalue weighted by atomic mass is 14.1. The predicted octanol–water partition coefficient (Wildman–Crippen LogP) is 7.37. The second-order valence-electron chi connectivity index (χ2n) is 7.79. The van der Waals surface area contributed by atoms with Crippen LogP contribution in [-0.4, -0.2) is 0 Å². The highest BCUT2D eigenvalue weighted by Gasteiger charge is 2.08. The number of rotatable bonds is 12. The van der Waals surface area contributed by atoms with Crippen LogP contribution in [0.15, 0.2) is 0 Å². The molecule has 0 saturated heterocycles. The minimum Gasteiger partial charge on any atom is -0.0651 e. The Morgan fingerprint density at radius 1 is 0.684 bits per heavy atom. The summed E-state index contributed by atoms with van der Waals surface area (Å²) >= 11 is 0. The maximum Gasteiger partial charge on any atom is -0.0383 e. The minimum absolute atomic E-state index is 0.537. The predicted molar refractivity (Wildman–Crippen MR) is 89.7 cm³/mol. The lowest BCUT2D eigenvalue weighted by atomic mass is 9.89. The Kier molecular flexibility index (Phi) is 11.8. The molecule has 0 aromatic heterocycles. The zero-order valence-corrected chi connectivity index (χ0v) is 14.6. The van der Waals surface area contributed by atoms with Gasteiger partial charge in [-0.1, -0.05) is 105 Å². The summed E-state index contributed by atoms with van der Waals surface area (Å²) in [6.45, 7) is 11.8. The van der Waals surface area contributed by atoms with Gasteiger partial charge in [0.15, 0.2) is 0 Å². The molecule has 1 unspecified atom stereocenters. The van der Waals surface area contributed by atoms with Gasteiger partial charge in [0, 0.05) is 0 Å². The third kappa shape index (κ3) is 15.9. The molecule has 1 atom stereocenters. The first kappa shape index (κ1) is 19.0. The molecular weight excluding hydrogens is 228 g/mol. The summed E-state index contributed by atoms with van der Waals surface area (Å²) in [6.07, 6.45) is 17.3. The van der Waals surface area contributed by atoms with Gasteiger partial charge in [0.1, 0.15) is 0 Å². The fraction of sp³-hybridized carbons (Fsp3) is 1.00. The normalized spacial score (nSPS) is 13.7. The molecule has 0 rings (SSSR count). The SMILES string of the molecule is CCC(C)CCCCCCCCCCCC(C)(C)C. The van der Waals surface area contributed by atoms with Gasteiger partial charge in [-0.25, -0.2) is 0 Å². The zero-order chi connectivity index (χ0) is 14.6. The van der Waals surface area contributed by atoms with Crippen LogP contribution in [0.2, 0.25) is 0 Å². The molecule has 116 valence electrons. The van der Waals surface area contributed by atoms with E-state index in [1.165, 1.54) is 77.0 Å². The van der Waals surface area contributed by atoms with Gasteiger partial charge >= 0.3 is 0 Å². The maximum absolute atomic E-state index is 2.39. The smallest absolute Gasteiger partial charge is 0.0383 e. The summed E-state index contributed by atoms with van der Waals surface area (Å²) in [6, 6.07) is 0. The van der Waals surface area contributed by atoms with Crippen molar-refractivity contribution in [2.45, 2.75) is 112 Å². The average molecular weight is 269 g/mol. The first-order chi connectivity index (χ1) is 8.95. The Morgan fingerprint density at radius 2 is 1.11 bits per heavy atom. The van der Waals surface area contributed by atoms with Gasteiger partial charge in [0.25, 0.3) is 0 Å². The van der Waals surface area contributed by atoms with Crippen LogP contribution in [0.3, 0.4) is 0 Å². The molecule has 0 saturated carbocycles. The molecule has 0 amide bonds. The summed E-state index contributed by atoms with van der Waals surface area (Å²) in [5.74, 6) is 0.947. The third-order valence-corrected chi connectivity index (χ3v) is 4.32. The maximum atomic E-state index is 2.39. The molecule has 0 bridgehead atoms. The van der Waals surface area contributed by atoms with E-state index in [-0.39, 0.29) is 0 Å². The largest absolute Gasteiger partial charge is 0.0651 e. The Labute approximate surface area is 123 Å². The second kappa shape index (κ2) is 11.8. The van der Waals surface area contributed by atoms with Crippen molar-refractivity contribution in [2.75, 3.05) is 0 Å². The summed E-state index contributed by atoms with van der Waals surface area (Å²) in [5.41, 5.74) is 0.537. The zero-order valence-electron chi connectivity index (χ0n) is 14.6. The second-order valence-corrected chi connectivity index (χ2v) is 7.79. The molecule has 19 heavy (non-hydrogen) atoms. The van der Waals surface area contributed by atoms with E-state index in [0.29, 0.717) is 5.41 Å². The van der Waals surface area contributed by atoms with Gasteiger partial charge in [-0.3, -0.25) is 0 Å². The van der Waals surface area contributed by atoms with Gasteiger partial charge in [0.05, 0.1) is 0 Å². The molecule has 0 spiro atoms. The summed E-state index contributed by atoms with van der Waals surface area (Å²) in [5, 5.41) is 0. The number of hydrogen-bond acceptors (Lipinski definition) is 0. The van der Waals surface area contributed by atoms with E-state index in [1.54, 1.807) is 0 Å². The van der Waals surface area contributed by atoms with E-state index >= 15 is 0 Å². The van der Waals surface area contributed by atoms with E-state index < -0.39 is 0 Å². The summed E-state index contributed by atoms with van der Waals surface area (Å²) < 4.78 is 0. The molecular formula is C19H40. The monoisotopic (exact) mass is 268 g/mol. The summed E-state index contributed by atoms with van der Waals surface area (Å²) in [7, 11) is 0. The topological polar surface area (TPSA) is 0 Å². The highest BCUT2D eigenvalue weighted by molar-refractivity contribution is 4.61. The fourth-order valence-corrected chi connectivity index (χ4v) is 2.59. The molecule has 0 aromatic rings. The molecule has 0 heteroatoms. The van der Waals surface area contributed by atoms with E-state index in [2.05, 4.69) is 34.6 Å². The van der Waals surface area contributed by atoms with Crippen LogP contribution in [0, 0.1) is 11.3 Å². The van der Waals surface area contributed by atoms with Crippen LogP contribution in [0.25, 0.3) is 0 Å². The van der Waals surface area contributed by atoms with E-state index in [9.17, 15) is 0 Å². The lowest BCUT2D eigenvalue weighted by Gasteiger charge is -2.17. The fourth-order valence-electron chi connectivity index (χ4n) is 2.59. The number of unbranched alkanes of at least 4 members (excludes halogenated alkanes) is 8. The quantitative estimate of drug-likeness (QED) is 0.324. The van der Waals surface area contributed by atoms with Crippen molar-refractivity contribution in [3.8, 4) is 0 Å². The van der Waals surface area contributed by atoms with Crippen molar-refractivity contribution in [3.63, 3.8) is 0 Å². The van der Waals surface area contributed by atoms with Crippen molar-refractivity contribution in [2.24, 2.45) is 11.3 Å². The molecule has 0 radical (unpaired) electrons. The van der Waals surface area contributed by atoms with Crippen molar-refractivity contribution < 1.29 is 0 Å². The molecule has 0 aliphatic rings. The van der Waals surface area contributed by atoms with Gasteiger partial charge in [0.2, 0.25) is 0 Å². The Morgan fingerprint density at radius 3 is 1.53 bits per heavy atom. The van der Waals surface area contributed by atoms with Crippen LogP contribution in [-0.2, 0) is 0 Å².